The highest BCUT2D eigenvalue weighted by Gasteiger charge is 2.45. The standard InChI is InChI=1S/C19H34N2O6/c1-12(2)13-10-21(17(24)27-19(6,7)8)14(15(22)25-9)11-20(13)16(23)26-18(3,4)5/h12-14H,10-11H2,1-9H3/t13?,14-/m1/s1. The zero-order chi connectivity index (χ0) is 21.2. The number of rotatable bonds is 2. The number of methoxy groups -OCH3 is 1. The summed E-state index contributed by atoms with van der Waals surface area (Å²) in [6, 6.07) is -1.26. The van der Waals surface area contributed by atoms with E-state index in [0.29, 0.717) is 0 Å². The third kappa shape index (κ3) is 6.59. The SMILES string of the molecule is COC(=O)[C@H]1CN(C(=O)OC(C)(C)C)C(C(C)C)CN1C(=O)OC(C)(C)C. The molecule has 0 aliphatic carbocycles. The molecule has 2 amide bonds. The van der Waals surface area contributed by atoms with Gasteiger partial charge >= 0.3 is 18.2 Å². The van der Waals surface area contributed by atoms with Crippen molar-refractivity contribution in [3.05, 3.63) is 0 Å². The Labute approximate surface area is 162 Å². The van der Waals surface area contributed by atoms with Gasteiger partial charge in [-0.3, -0.25) is 4.90 Å². The van der Waals surface area contributed by atoms with E-state index in [1.165, 1.54) is 16.9 Å². The Balaban J connectivity index is 3.17. The maximum Gasteiger partial charge on any atom is 0.411 e. The molecule has 0 aromatic carbocycles. The Morgan fingerprint density at radius 3 is 1.67 bits per heavy atom. The Kier molecular flexibility index (Phi) is 7.13. The number of carbonyl (C=O) groups excluding carboxylic acids is 3. The van der Waals surface area contributed by atoms with Crippen LogP contribution in [0, 0.1) is 5.92 Å². The molecule has 1 saturated heterocycles. The van der Waals surface area contributed by atoms with Crippen LogP contribution in [0.15, 0.2) is 0 Å². The highest BCUT2D eigenvalue weighted by atomic mass is 16.6. The van der Waals surface area contributed by atoms with Gasteiger partial charge in [0.15, 0.2) is 6.04 Å². The maximum absolute atomic E-state index is 12.7. The topological polar surface area (TPSA) is 85.4 Å². The quantitative estimate of drug-likeness (QED) is 0.536. The van der Waals surface area contributed by atoms with E-state index in [1.807, 2.05) is 13.8 Å². The molecular formula is C19H34N2O6. The lowest BCUT2D eigenvalue weighted by Crippen LogP contribution is -2.65. The summed E-state index contributed by atoms with van der Waals surface area (Å²) in [5, 5.41) is 0. The fraction of sp³-hybridized carbons (Fsp3) is 0.842. The molecule has 0 saturated carbocycles. The second-order valence-corrected chi connectivity index (χ2v) is 9.12. The lowest BCUT2D eigenvalue weighted by molar-refractivity contribution is -0.150. The molecule has 0 aromatic rings. The molecule has 0 spiro atoms. The molecule has 1 aliphatic heterocycles. The van der Waals surface area contributed by atoms with Gasteiger partial charge in [0.1, 0.15) is 11.2 Å². The molecule has 27 heavy (non-hydrogen) atoms. The predicted molar refractivity (Wildman–Crippen MR) is 100 cm³/mol. The molecule has 0 bridgehead atoms. The summed E-state index contributed by atoms with van der Waals surface area (Å²) < 4.78 is 15.8. The third-order valence-electron chi connectivity index (χ3n) is 4.03. The van der Waals surface area contributed by atoms with Gasteiger partial charge in [-0.15, -0.1) is 0 Å². The van der Waals surface area contributed by atoms with Crippen LogP contribution in [-0.4, -0.2) is 71.4 Å². The summed E-state index contributed by atoms with van der Waals surface area (Å²) in [7, 11) is 1.25. The van der Waals surface area contributed by atoms with Crippen molar-refractivity contribution in [2.75, 3.05) is 20.2 Å². The van der Waals surface area contributed by atoms with Crippen LogP contribution in [-0.2, 0) is 19.0 Å². The number of amides is 2. The molecule has 8 heteroatoms. The van der Waals surface area contributed by atoms with Crippen molar-refractivity contribution in [2.45, 2.75) is 78.7 Å². The normalized spacial score (nSPS) is 21.1. The number of nitrogens with zero attached hydrogens (tertiary/aromatic N) is 2. The van der Waals surface area contributed by atoms with Gasteiger partial charge < -0.3 is 19.1 Å². The second-order valence-electron chi connectivity index (χ2n) is 9.12. The van der Waals surface area contributed by atoms with Crippen molar-refractivity contribution < 1.29 is 28.6 Å². The molecule has 1 rings (SSSR count). The minimum Gasteiger partial charge on any atom is -0.467 e. The van der Waals surface area contributed by atoms with Gasteiger partial charge in [0, 0.05) is 6.54 Å². The monoisotopic (exact) mass is 386 g/mol. The molecule has 156 valence electrons. The molecule has 0 aromatic heterocycles. The van der Waals surface area contributed by atoms with E-state index in [4.69, 9.17) is 14.2 Å². The number of esters is 1. The summed E-state index contributed by atoms with van der Waals surface area (Å²) in [6.45, 7) is 14.7. The van der Waals surface area contributed by atoms with Crippen molar-refractivity contribution in [1.82, 2.24) is 9.80 Å². The minimum absolute atomic E-state index is 0.0102. The fourth-order valence-electron chi connectivity index (χ4n) is 2.81. The minimum atomic E-state index is -0.952. The number of piperazine rings is 1. The molecule has 2 atom stereocenters. The number of ether oxygens (including phenoxy) is 3. The van der Waals surface area contributed by atoms with Crippen LogP contribution < -0.4 is 0 Å². The fourth-order valence-corrected chi connectivity index (χ4v) is 2.81. The van der Waals surface area contributed by atoms with E-state index >= 15 is 0 Å². The lowest BCUT2D eigenvalue weighted by Gasteiger charge is -2.46. The van der Waals surface area contributed by atoms with Gasteiger partial charge in [-0.2, -0.15) is 0 Å². The smallest absolute Gasteiger partial charge is 0.411 e. The summed E-state index contributed by atoms with van der Waals surface area (Å²) in [5.41, 5.74) is -1.37. The van der Waals surface area contributed by atoms with Gasteiger partial charge in [0.25, 0.3) is 0 Å². The molecule has 1 fully saturated rings. The predicted octanol–water partition coefficient (Wildman–Crippen LogP) is 3.04. The second kappa shape index (κ2) is 8.35. The number of hydrogen-bond acceptors (Lipinski definition) is 6. The van der Waals surface area contributed by atoms with Crippen LogP contribution in [0.5, 0.6) is 0 Å². The summed E-state index contributed by atoms with van der Waals surface area (Å²) in [6.07, 6.45) is -1.12. The maximum atomic E-state index is 12.7. The lowest BCUT2D eigenvalue weighted by atomic mass is 9.97. The molecule has 0 N–H and O–H groups in total. The average molecular weight is 386 g/mol. The van der Waals surface area contributed by atoms with E-state index in [-0.39, 0.29) is 25.0 Å². The van der Waals surface area contributed by atoms with Crippen molar-refractivity contribution in [3.8, 4) is 0 Å². The highest BCUT2D eigenvalue weighted by molar-refractivity contribution is 5.83. The van der Waals surface area contributed by atoms with Gasteiger partial charge in [-0.1, -0.05) is 13.8 Å². The molecule has 0 radical (unpaired) electrons. The van der Waals surface area contributed by atoms with E-state index in [1.54, 1.807) is 41.5 Å². The van der Waals surface area contributed by atoms with Gasteiger partial charge in [-0.05, 0) is 47.5 Å². The van der Waals surface area contributed by atoms with Crippen LogP contribution in [0.1, 0.15) is 55.4 Å². The molecule has 1 aliphatic rings. The van der Waals surface area contributed by atoms with Gasteiger partial charge in [-0.25, -0.2) is 14.4 Å². The van der Waals surface area contributed by atoms with Crippen LogP contribution >= 0.6 is 0 Å². The van der Waals surface area contributed by atoms with E-state index in [0.717, 1.165) is 0 Å². The number of hydrogen-bond donors (Lipinski definition) is 0. The summed E-state index contributed by atoms with van der Waals surface area (Å²) in [4.78, 5) is 40.6. The van der Waals surface area contributed by atoms with Crippen LogP contribution in [0.3, 0.4) is 0 Å². The zero-order valence-electron chi connectivity index (χ0n) is 18.0. The van der Waals surface area contributed by atoms with Crippen LogP contribution in [0.25, 0.3) is 0 Å². The first kappa shape index (κ1) is 23.0. The summed E-state index contributed by atoms with van der Waals surface area (Å²) in [5.74, 6) is -0.558. The van der Waals surface area contributed by atoms with E-state index < -0.39 is 35.4 Å². The molecule has 1 heterocycles. The summed E-state index contributed by atoms with van der Waals surface area (Å²) >= 11 is 0. The van der Waals surface area contributed by atoms with Crippen molar-refractivity contribution in [1.29, 1.82) is 0 Å². The van der Waals surface area contributed by atoms with Gasteiger partial charge in [0.05, 0.1) is 19.7 Å². The van der Waals surface area contributed by atoms with Gasteiger partial charge in [0.2, 0.25) is 0 Å². The number of carbonyl (C=O) groups is 3. The zero-order valence-corrected chi connectivity index (χ0v) is 18.0. The first-order chi connectivity index (χ1) is 12.2. The largest absolute Gasteiger partial charge is 0.467 e. The first-order valence-corrected chi connectivity index (χ1v) is 9.23. The Hall–Kier alpha value is -1.99. The Bertz CT molecular complexity index is 562. The van der Waals surface area contributed by atoms with Crippen molar-refractivity contribution in [2.24, 2.45) is 5.92 Å². The molecular weight excluding hydrogens is 352 g/mol. The Morgan fingerprint density at radius 1 is 0.852 bits per heavy atom. The molecule has 8 nitrogen and oxygen atoms in total. The van der Waals surface area contributed by atoms with E-state index in [2.05, 4.69) is 0 Å². The van der Waals surface area contributed by atoms with Crippen molar-refractivity contribution >= 4 is 18.2 Å². The third-order valence-corrected chi connectivity index (χ3v) is 4.03. The average Bonchev–Trinajstić information content (AvgIpc) is 2.49. The first-order valence-electron chi connectivity index (χ1n) is 9.23. The Morgan fingerprint density at radius 2 is 1.30 bits per heavy atom. The van der Waals surface area contributed by atoms with Crippen molar-refractivity contribution in [3.63, 3.8) is 0 Å². The molecule has 1 unspecified atom stereocenters. The van der Waals surface area contributed by atoms with Crippen LogP contribution in [0.2, 0.25) is 0 Å². The van der Waals surface area contributed by atoms with E-state index in [9.17, 15) is 14.4 Å². The van der Waals surface area contributed by atoms with Crippen LogP contribution in [0.4, 0.5) is 9.59 Å². The highest BCUT2D eigenvalue weighted by Crippen LogP contribution is 2.26.